The van der Waals surface area contributed by atoms with E-state index in [2.05, 4.69) is 15.6 Å². The molecule has 0 fully saturated rings. The van der Waals surface area contributed by atoms with Crippen LogP contribution in [0.1, 0.15) is 19.3 Å². The van der Waals surface area contributed by atoms with Gasteiger partial charge in [-0.2, -0.15) is 0 Å². The first-order valence-corrected chi connectivity index (χ1v) is 8.57. The number of allylic oxidation sites excluding steroid dienone is 3. The molecule has 6 nitrogen and oxygen atoms in total. The molecule has 1 aliphatic rings. The minimum absolute atomic E-state index is 0.112. The molecule has 2 rings (SSSR count). The maximum atomic E-state index is 13.8. The molecule has 0 atom stereocenters. The van der Waals surface area contributed by atoms with Crippen LogP contribution < -0.4 is 10.6 Å². The van der Waals surface area contributed by atoms with Crippen molar-refractivity contribution >= 4 is 23.7 Å². The van der Waals surface area contributed by atoms with Gasteiger partial charge in [0, 0.05) is 18.5 Å². The summed E-state index contributed by atoms with van der Waals surface area (Å²) in [6.45, 7) is 0.663. The van der Waals surface area contributed by atoms with Crippen LogP contribution in [0.2, 0.25) is 0 Å². The molecule has 0 saturated heterocycles. The lowest BCUT2D eigenvalue weighted by Crippen LogP contribution is -2.22. The fourth-order valence-electron chi connectivity index (χ4n) is 2.50. The van der Waals surface area contributed by atoms with E-state index in [1.54, 1.807) is 30.4 Å². The molecule has 2 N–H and O–H groups in total. The van der Waals surface area contributed by atoms with Crippen LogP contribution in [0, 0.1) is 5.82 Å². The number of nitrogens with one attached hydrogen (secondary N) is 2. The molecule has 7 heteroatoms. The number of rotatable bonds is 8. The first-order valence-electron chi connectivity index (χ1n) is 8.57. The van der Waals surface area contributed by atoms with Gasteiger partial charge in [0.15, 0.2) is 0 Å². The number of halogens is 1. The molecule has 0 spiro atoms. The highest BCUT2D eigenvalue weighted by atomic mass is 19.1. The van der Waals surface area contributed by atoms with Crippen LogP contribution in [0.5, 0.6) is 0 Å². The van der Waals surface area contributed by atoms with Crippen molar-refractivity contribution in [2.45, 2.75) is 19.3 Å². The maximum Gasteiger partial charge on any atom is 0.257 e. The number of para-hydroxylation sites is 1. The zero-order valence-corrected chi connectivity index (χ0v) is 15.1. The molecule has 2 amide bonds. The summed E-state index contributed by atoms with van der Waals surface area (Å²) in [5.41, 5.74) is 1.17. The molecule has 142 valence electrons. The minimum Gasteiger partial charge on any atom is -0.495 e. The van der Waals surface area contributed by atoms with Crippen LogP contribution in [-0.2, 0) is 14.3 Å². The summed E-state index contributed by atoms with van der Waals surface area (Å²) in [6, 6.07) is 5.99. The topological polar surface area (TPSA) is 79.8 Å². The molecule has 1 heterocycles. The summed E-state index contributed by atoms with van der Waals surface area (Å²) in [5, 5.41) is 4.97. The summed E-state index contributed by atoms with van der Waals surface area (Å²) in [5.74, 6) is -0.534. The van der Waals surface area contributed by atoms with Gasteiger partial charge in [0.2, 0.25) is 6.41 Å². The number of benzene rings is 1. The van der Waals surface area contributed by atoms with Gasteiger partial charge in [0.05, 0.1) is 18.4 Å². The number of nitrogens with zero attached hydrogens (tertiary/aromatic N) is 1. The Hall–Kier alpha value is -3.22. The highest BCUT2D eigenvalue weighted by molar-refractivity contribution is 6.25. The van der Waals surface area contributed by atoms with Crippen molar-refractivity contribution in [2.24, 2.45) is 4.99 Å². The highest BCUT2D eigenvalue weighted by Crippen LogP contribution is 2.18. The Bertz CT molecular complexity index is 797. The van der Waals surface area contributed by atoms with E-state index in [1.165, 1.54) is 25.4 Å². The van der Waals surface area contributed by atoms with Gasteiger partial charge >= 0.3 is 0 Å². The van der Waals surface area contributed by atoms with Crippen molar-refractivity contribution in [3.63, 3.8) is 0 Å². The van der Waals surface area contributed by atoms with Gasteiger partial charge in [0.25, 0.3) is 5.91 Å². The summed E-state index contributed by atoms with van der Waals surface area (Å²) in [7, 11) is 1.46. The Labute approximate surface area is 157 Å². The van der Waals surface area contributed by atoms with Gasteiger partial charge in [-0.3, -0.25) is 14.6 Å². The van der Waals surface area contributed by atoms with Crippen LogP contribution >= 0.6 is 0 Å². The van der Waals surface area contributed by atoms with Crippen molar-refractivity contribution in [1.82, 2.24) is 5.32 Å². The first-order chi connectivity index (χ1) is 13.2. The van der Waals surface area contributed by atoms with Gasteiger partial charge in [-0.25, -0.2) is 4.39 Å². The third kappa shape index (κ3) is 6.22. The minimum atomic E-state index is -0.504. The Balaban J connectivity index is 2.25. The molecule has 0 aromatic heterocycles. The second kappa shape index (κ2) is 10.7. The molecule has 0 aliphatic carbocycles. The van der Waals surface area contributed by atoms with Crippen molar-refractivity contribution in [3.8, 4) is 0 Å². The lowest BCUT2D eigenvalue weighted by atomic mass is 10.0. The normalized spacial score (nSPS) is 15.3. The van der Waals surface area contributed by atoms with E-state index >= 15 is 0 Å². The molecule has 0 bridgehead atoms. The zero-order valence-electron chi connectivity index (χ0n) is 15.1. The molecule has 0 saturated carbocycles. The van der Waals surface area contributed by atoms with E-state index in [4.69, 9.17) is 4.74 Å². The standard InChI is InChI=1S/C20H22FN3O3/c1-27-15(13-22-14-25)7-6-8-16(18-10-4-5-12-23-18)20(26)24-19-11-3-2-9-17(19)21/h2-3,6-9,11,13-14H,4-5,10,12H2,1H3,(H,22,25)(H,24,26). The highest BCUT2D eigenvalue weighted by Gasteiger charge is 2.18. The molecule has 1 aliphatic heterocycles. The number of carbonyl (C=O) groups excluding carboxylic acids is 2. The summed E-state index contributed by atoms with van der Waals surface area (Å²) < 4.78 is 18.9. The second-order valence-corrected chi connectivity index (χ2v) is 5.69. The second-order valence-electron chi connectivity index (χ2n) is 5.69. The van der Waals surface area contributed by atoms with Gasteiger partial charge in [-0.15, -0.1) is 0 Å². The largest absolute Gasteiger partial charge is 0.495 e. The van der Waals surface area contributed by atoms with E-state index < -0.39 is 11.7 Å². The summed E-state index contributed by atoms with van der Waals surface area (Å²) in [4.78, 5) is 27.5. The van der Waals surface area contributed by atoms with Crippen LogP contribution in [0.3, 0.4) is 0 Å². The monoisotopic (exact) mass is 371 g/mol. The average Bonchev–Trinajstić information content (AvgIpc) is 2.70. The van der Waals surface area contributed by atoms with Gasteiger partial charge in [0.1, 0.15) is 11.6 Å². The fraction of sp³-hybridized carbons (Fsp3) is 0.250. The Morgan fingerprint density at radius 2 is 2.11 bits per heavy atom. The van der Waals surface area contributed by atoms with Gasteiger partial charge < -0.3 is 15.4 Å². The zero-order chi connectivity index (χ0) is 19.5. The molecule has 0 radical (unpaired) electrons. The van der Waals surface area contributed by atoms with Crippen LogP contribution in [0.4, 0.5) is 10.1 Å². The molecule has 27 heavy (non-hydrogen) atoms. The number of aliphatic imine (C=N–C) groups is 1. The van der Waals surface area contributed by atoms with Crippen molar-refractivity contribution in [1.29, 1.82) is 0 Å². The molecule has 0 unspecified atom stereocenters. The smallest absolute Gasteiger partial charge is 0.257 e. The van der Waals surface area contributed by atoms with Gasteiger partial charge in [-0.1, -0.05) is 18.2 Å². The van der Waals surface area contributed by atoms with E-state index in [1.807, 2.05) is 0 Å². The third-order valence-corrected chi connectivity index (χ3v) is 3.85. The van der Waals surface area contributed by atoms with E-state index in [9.17, 15) is 14.0 Å². The number of hydrogen-bond acceptors (Lipinski definition) is 4. The van der Waals surface area contributed by atoms with E-state index in [0.717, 1.165) is 12.8 Å². The molecular formula is C20H22FN3O3. The Kier molecular flexibility index (Phi) is 7.96. The first kappa shape index (κ1) is 20.1. The Morgan fingerprint density at radius 3 is 2.78 bits per heavy atom. The molecular weight excluding hydrogens is 349 g/mol. The lowest BCUT2D eigenvalue weighted by molar-refractivity contribution is -0.112. The van der Waals surface area contributed by atoms with E-state index in [0.29, 0.717) is 36.4 Å². The number of ether oxygens (including phenoxy) is 1. The third-order valence-electron chi connectivity index (χ3n) is 3.85. The summed E-state index contributed by atoms with van der Waals surface area (Å²) >= 11 is 0. The molecule has 1 aromatic rings. The maximum absolute atomic E-state index is 13.8. The number of methoxy groups -OCH3 is 1. The van der Waals surface area contributed by atoms with Crippen molar-refractivity contribution in [2.75, 3.05) is 19.0 Å². The van der Waals surface area contributed by atoms with Crippen LogP contribution in [0.25, 0.3) is 0 Å². The number of carbonyl (C=O) groups is 2. The quantitative estimate of drug-likeness (QED) is 0.319. The van der Waals surface area contributed by atoms with Crippen LogP contribution in [0.15, 0.2) is 65.0 Å². The van der Waals surface area contributed by atoms with Gasteiger partial charge in [-0.05, 0) is 43.5 Å². The SMILES string of the molecule is COC(C=CC=C(C(=O)Nc1ccccc1F)C1=NCCCC1)=CNC=O. The average molecular weight is 371 g/mol. The predicted octanol–water partition coefficient (Wildman–Crippen LogP) is 3.11. The van der Waals surface area contributed by atoms with E-state index in [-0.39, 0.29) is 5.69 Å². The van der Waals surface area contributed by atoms with Crippen molar-refractivity contribution in [3.05, 3.63) is 65.8 Å². The fourth-order valence-corrected chi connectivity index (χ4v) is 2.50. The number of anilines is 1. The number of hydrogen-bond donors (Lipinski definition) is 2. The predicted molar refractivity (Wildman–Crippen MR) is 103 cm³/mol. The lowest BCUT2D eigenvalue weighted by Gasteiger charge is -2.15. The van der Waals surface area contributed by atoms with Crippen molar-refractivity contribution < 1.29 is 18.7 Å². The Morgan fingerprint density at radius 1 is 1.30 bits per heavy atom. The molecule has 1 aromatic carbocycles. The number of amides is 2. The van der Waals surface area contributed by atoms with Crippen LogP contribution in [-0.4, -0.2) is 31.7 Å². The summed E-state index contributed by atoms with van der Waals surface area (Å²) in [6.07, 6.45) is 9.33.